The van der Waals surface area contributed by atoms with Gasteiger partial charge >= 0.3 is 0 Å². The summed E-state index contributed by atoms with van der Waals surface area (Å²) < 4.78 is 8.88. The predicted molar refractivity (Wildman–Crippen MR) is 185 cm³/mol. The molecular formula is C41H36N2O. The van der Waals surface area contributed by atoms with Crippen molar-refractivity contribution in [3.05, 3.63) is 119 Å². The topological polar surface area (TPSA) is 31.0 Å². The van der Waals surface area contributed by atoms with E-state index in [1.165, 1.54) is 27.7 Å². The second-order valence-electron chi connectivity index (χ2n) is 13.0. The zero-order chi connectivity index (χ0) is 29.8. The maximum atomic E-state index is 6.47. The molecule has 3 heteroatoms. The summed E-state index contributed by atoms with van der Waals surface area (Å²) in [6.45, 7) is 6.80. The van der Waals surface area contributed by atoms with Crippen LogP contribution in [0.2, 0.25) is 0 Å². The highest BCUT2D eigenvalue weighted by Crippen LogP contribution is 2.40. The van der Waals surface area contributed by atoms with Gasteiger partial charge in [0.1, 0.15) is 17.0 Å². The van der Waals surface area contributed by atoms with E-state index >= 15 is 0 Å². The Hall–Kier alpha value is -4.89. The number of aromatic nitrogens is 2. The van der Waals surface area contributed by atoms with Gasteiger partial charge in [0.25, 0.3) is 0 Å². The van der Waals surface area contributed by atoms with Crippen molar-refractivity contribution in [2.45, 2.75) is 51.9 Å². The molecule has 0 unspecified atom stereocenters. The Balaban J connectivity index is 1.38. The van der Waals surface area contributed by atoms with Crippen LogP contribution in [0.3, 0.4) is 0 Å². The molecule has 2 aliphatic rings. The van der Waals surface area contributed by atoms with Crippen molar-refractivity contribution in [2.24, 2.45) is 0 Å². The minimum Gasteiger partial charge on any atom is -0.455 e. The molecule has 216 valence electrons. The van der Waals surface area contributed by atoms with Gasteiger partial charge in [-0.2, -0.15) is 0 Å². The molecule has 0 spiro atoms. The highest BCUT2D eigenvalue weighted by Gasteiger charge is 2.21. The van der Waals surface area contributed by atoms with Crippen LogP contribution in [0.5, 0.6) is 0 Å². The largest absolute Gasteiger partial charge is 0.455 e. The lowest BCUT2D eigenvalue weighted by molar-refractivity contribution is 0.590. The summed E-state index contributed by atoms with van der Waals surface area (Å²) in [4.78, 5) is 5.31. The van der Waals surface area contributed by atoms with Crippen LogP contribution in [0.15, 0.2) is 108 Å². The minimum atomic E-state index is 0.0854. The number of para-hydroxylation sites is 2. The van der Waals surface area contributed by atoms with Crippen molar-refractivity contribution >= 4 is 39.8 Å². The van der Waals surface area contributed by atoms with Gasteiger partial charge in [0.2, 0.25) is 0 Å². The third kappa shape index (κ3) is 4.46. The zero-order valence-corrected chi connectivity index (χ0v) is 25.6. The summed E-state index contributed by atoms with van der Waals surface area (Å²) in [6.07, 6.45) is 15.5. The summed E-state index contributed by atoms with van der Waals surface area (Å²) in [7, 11) is 0. The summed E-state index contributed by atoms with van der Waals surface area (Å²) in [5.41, 5.74) is 10.3. The fourth-order valence-electron chi connectivity index (χ4n) is 6.75. The lowest BCUT2D eigenvalue weighted by Gasteiger charge is -2.20. The van der Waals surface area contributed by atoms with Crippen LogP contribution < -0.4 is 10.7 Å². The number of benzene rings is 4. The highest BCUT2D eigenvalue weighted by atomic mass is 16.3. The van der Waals surface area contributed by atoms with E-state index in [2.05, 4.69) is 135 Å². The molecule has 44 heavy (non-hydrogen) atoms. The molecule has 0 bridgehead atoms. The Morgan fingerprint density at radius 3 is 2.34 bits per heavy atom. The first kappa shape index (κ1) is 26.7. The minimum absolute atomic E-state index is 0.0854. The number of allylic oxidation sites excluding steroid dienone is 4. The Bertz CT molecular complexity index is 2250. The maximum Gasteiger partial charge on any atom is 0.146 e. The molecule has 3 nitrogen and oxygen atoms in total. The van der Waals surface area contributed by atoms with Gasteiger partial charge in [-0.15, -0.1) is 0 Å². The van der Waals surface area contributed by atoms with Gasteiger partial charge in [-0.3, -0.25) is 4.57 Å². The Kier molecular flexibility index (Phi) is 6.30. The summed E-state index contributed by atoms with van der Waals surface area (Å²) in [5.74, 6) is 1.01. The molecule has 0 amide bonds. The maximum absolute atomic E-state index is 6.47. The quantitative estimate of drug-likeness (QED) is 0.211. The van der Waals surface area contributed by atoms with Crippen LogP contribution in [0.25, 0.3) is 73.4 Å². The van der Waals surface area contributed by atoms with Gasteiger partial charge in [-0.1, -0.05) is 112 Å². The normalized spacial score (nSPS) is 14.8. The van der Waals surface area contributed by atoms with Crippen molar-refractivity contribution in [1.29, 1.82) is 0 Å². The van der Waals surface area contributed by atoms with Gasteiger partial charge in [0, 0.05) is 27.6 Å². The molecule has 0 saturated carbocycles. The molecule has 0 aliphatic heterocycles. The Morgan fingerprint density at radius 1 is 0.727 bits per heavy atom. The molecule has 0 radical (unpaired) electrons. The first-order valence-electron chi connectivity index (χ1n) is 15.8. The number of nitrogens with zero attached hydrogens (tertiary/aromatic N) is 2. The molecule has 0 N–H and O–H groups in total. The molecule has 2 aliphatic carbocycles. The van der Waals surface area contributed by atoms with Crippen molar-refractivity contribution in [3.63, 3.8) is 0 Å². The third-order valence-electron chi connectivity index (χ3n) is 9.10. The van der Waals surface area contributed by atoms with Crippen LogP contribution in [0.1, 0.15) is 52.0 Å². The average molecular weight is 573 g/mol. The summed E-state index contributed by atoms with van der Waals surface area (Å²) >= 11 is 0. The second-order valence-corrected chi connectivity index (χ2v) is 13.0. The van der Waals surface area contributed by atoms with E-state index in [0.29, 0.717) is 0 Å². The number of imidazole rings is 1. The Morgan fingerprint density at radius 2 is 1.52 bits per heavy atom. The van der Waals surface area contributed by atoms with Gasteiger partial charge in [0.15, 0.2) is 0 Å². The SMILES string of the molecule is CC(C)(C)c1ccc(-c2cc(-c3cccc4c3oc3ccccc34)ccc2-c2nc3c(n2C2=CC=CCC2)=CCCC=3)cc1. The summed E-state index contributed by atoms with van der Waals surface area (Å²) in [6, 6.07) is 30.7. The Labute approximate surface area is 258 Å². The number of hydrogen-bond donors (Lipinski definition) is 0. The van der Waals surface area contributed by atoms with Crippen LogP contribution in [0.4, 0.5) is 0 Å². The van der Waals surface area contributed by atoms with Crippen LogP contribution in [-0.4, -0.2) is 9.55 Å². The molecule has 0 saturated heterocycles. The lowest BCUT2D eigenvalue weighted by Crippen LogP contribution is -2.31. The van der Waals surface area contributed by atoms with Gasteiger partial charge in [-0.05, 0) is 77.6 Å². The second kappa shape index (κ2) is 10.4. The highest BCUT2D eigenvalue weighted by molar-refractivity contribution is 6.09. The molecule has 0 fully saturated rings. The first-order chi connectivity index (χ1) is 21.5. The fourth-order valence-corrected chi connectivity index (χ4v) is 6.75. The number of rotatable bonds is 4. The molecule has 2 heterocycles. The van der Waals surface area contributed by atoms with Gasteiger partial charge < -0.3 is 4.42 Å². The van der Waals surface area contributed by atoms with Crippen molar-refractivity contribution in [2.75, 3.05) is 0 Å². The van der Waals surface area contributed by atoms with E-state index < -0.39 is 0 Å². The van der Waals surface area contributed by atoms with E-state index in [9.17, 15) is 0 Å². The average Bonchev–Trinajstić information content (AvgIpc) is 3.63. The standard InChI is InChI=1S/C41H36N2O/c1-41(2,3)29-23-20-27(21-24-29)35-26-28(31-15-11-16-33-32-14-7-10-19-38(32)44-39(31)33)22-25-34(35)40-42-36-17-8-9-18-37(36)43(40)30-12-5-4-6-13-30/h4-5,7,10-12,14-26H,6,8-9,13H2,1-3H3. The van der Waals surface area contributed by atoms with Crippen molar-refractivity contribution in [3.8, 4) is 33.6 Å². The molecule has 4 aromatic carbocycles. The number of hydrogen-bond acceptors (Lipinski definition) is 2. The molecular weight excluding hydrogens is 536 g/mol. The van der Waals surface area contributed by atoms with Crippen molar-refractivity contribution < 1.29 is 4.42 Å². The summed E-state index contributed by atoms with van der Waals surface area (Å²) in [5, 5.41) is 4.60. The monoisotopic (exact) mass is 572 g/mol. The van der Waals surface area contributed by atoms with E-state index in [1.54, 1.807) is 0 Å². The molecule has 0 atom stereocenters. The van der Waals surface area contributed by atoms with Crippen LogP contribution in [-0.2, 0) is 5.41 Å². The first-order valence-corrected chi connectivity index (χ1v) is 15.8. The van der Waals surface area contributed by atoms with Crippen LogP contribution in [0, 0.1) is 0 Å². The zero-order valence-electron chi connectivity index (χ0n) is 25.6. The smallest absolute Gasteiger partial charge is 0.146 e. The third-order valence-corrected chi connectivity index (χ3v) is 9.10. The van der Waals surface area contributed by atoms with E-state index in [4.69, 9.17) is 9.40 Å². The van der Waals surface area contributed by atoms with E-state index in [1.807, 2.05) is 6.07 Å². The van der Waals surface area contributed by atoms with Crippen molar-refractivity contribution in [1.82, 2.24) is 9.55 Å². The van der Waals surface area contributed by atoms with Gasteiger partial charge in [0.05, 0.1) is 10.7 Å². The van der Waals surface area contributed by atoms with Crippen LogP contribution >= 0.6 is 0 Å². The molecule has 6 aromatic rings. The number of furan rings is 1. The number of fused-ring (bicyclic) bond motifs is 4. The molecule has 8 rings (SSSR count). The van der Waals surface area contributed by atoms with E-state index in [-0.39, 0.29) is 5.41 Å². The lowest BCUT2D eigenvalue weighted by atomic mass is 9.85. The predicted octanol–water partition coefficient (Wildman–Crippen LogP) is 9.63. The fraction of sp³-hybridized carbons (Fsp3) is 0.195. The molecule has 2 aromatic heterocycles. The van der Waals surface area contributed by atoms with Gasteiger partial charge in [-0.25, -0.2) is 4.98 Å². The van der Waals surface area contributed by atoms with E-state index in [0.717, 1.165) is 75.5 Å².